The third kappa shape index (κ3) is 2.95. The summed E-state index contributed by atoms with van der Waals surface area (Å²) < 4.78 is 0. The second-order valence-electron chi connectivity index (χ2n) is 4.84. The summed E-state index contributed by atoms with van der Waals surface area (Å²) in [6.45, 7) is 4.55. The van der Waals surface area contributed by atoms with Gasteiger partial charge in [-0.1, -0.05) is 13.8 Å². The molecule has 1 aliphatic heterocycles. The lowest BCUT2D eigenvalue weighted by Gasteiger charge is -2.27. The Morgan fingerprint density at radius 3 is 2.62 bits per heavy atom. The van der Waals surface area contributed by atoms with Gasteiger partial charge in [0.1, 0.15) is 0 Å². The highest BCUT2D eigenvalue weighted by Gasteiger charge is 2.34. The van der Waals surface area contributed by atoms with Crippen LogP contribution >= 0.6 is 0 Å². The van der Waals surface area contributed by atoms with Gasteiger partial charge in [0.05, 0.1) is 12.0 Å². The van der Waals surface area contributed by atoms with E-state index >= 15 is 0 Å². The molecule has 3 N–H and O–H groups in total. The van der Waals surface area contributed by atoms with E-state index in [0.29, 0.717) is 25.3 Å². The number of amides is 1. The molecule has 5 heteroatoms. The lowest BCUT2D eigenvalue weighted by Crippen LogP contribution is -2.69. The Morgan fingerprint density at radius 2 is 2.12 bits per heavy atom. The predicted octanol–water partition coefficient (Wildman–Crippen LogP) is -1.62. The molecule has 1 fully saturated rings. The van der Waals surface area contributed by atoms with Gasteiger partial charge in [0, 0.05) is 13.0 Å². The van der Waals surface area contributed by atoms with E-state index in [1.807, 2.05) is 13.8 Å². The van der Waals surface area contributed by atoms with Crippen molar-refractivity contribution >= 4 is 11.9 Å². The van der Waals surface area contributed by atoms with Crippen LogP contribution in [0.5, 0.6) is 0 Å². The fourth-order valence-electron chi connectivity index (χ4n) is 2.18. The summed E-state index contributed by atoms with van der Waals surface area (Å²) in [4.78, 5) is 24.2. The summed E-state index contributed by atoms with van der Waals surface area (Å²) in [5.74, 6) is -0.918. The topological polar surface area (TPSA) is 88.1 Å². The first-order chi connectivity index (χ1) is 7.43. The number of carbonyl (C=O) groups is 2. The first-order valence-corrected chi connectivity index (χ1v) is 5.78. The number of carboxylic acids is 1. The van der Waals surface area contributed by atoms with Gasteiger partial charge in [0.25, 0.3) is 5.91 Å². The van der Waals surface area contributed by atoms with E-state index in [0.717, 1.165) is 6.42 Å². The number of hydrogen-bond donors (Lipinski definition) is 1. The van der Waals surface area contributed by atoms with Crippen LogP contribution in [0.15, 0.2) is 0 Å². The number of quaternary nitrogens is 1. The number of nitrogens with zero attached hydrogens (tertiary/aromatic N) is 1. The number of rotatable bonds is 4. The zero-order valence-electron chi connectivity index (χ0n) is 9.94. The third-order valence-electron chi connectivity index (χ3n) is 2.91. The number of hydrogen-bond acceptors (Lipinski definition) is 3. The number of likely N-dealkylation sites (tertiary alicyclic amines) is 1. The average Bonchev–Trinajstić information content (AvgIpc) is 2.63. The van der Waals surface area contributed by atoms with Crippen LogP contribution in [0.25, 0.3) is 0 Å². The highest BCUT2D eigenvalue weighted by atomic mass is 16.4. The summed E-state index contributed by atoms with van der Waals surface area (Å²) in [7, 11) is 0. The van der Waals surface area contributed by atoms with Crippen LogP contribution in [-0.4, -0.2) is 35.4 Å². The molecule has 0 saturated carbocycles. The van der Waals surface area contributed by atoms with Gasteiger partial charge in [-0.15, -0.1) is 0 Å². The Morgan fingerprint density at radius 1 is 1.50 bits per heavy atom. The van der Waals surface area contributed by atoms with Crippen LogP contribution in [0.2, 0.25) is 0 Å². The number of carbonyl (C=O) groups excluding carboxylic acids is 2. The largest absolute Gasteiger partial charge is 0.548 e. The second-order valence-corrected chi connectivity index (χ2v) is 4.84. The molecule has 0 bridgehead atoms. The predicted molar refractivity (Wildman–Crippen MR) is 55.9 cm³/mol. The zero-order valence-corrected chi connectivity index (χ0v) is 9.94. The van der Waals surface area contributed by atoms with Crippen molar-refractivity contribution in [1.29, 1.82) is 0 Å². The molecule has 1 aliphatic rings. The first kappa shape index (κ1) is 13.0. The van der Waals surface area contributed by atoms with E-state index in [-0.39, 0.29) is 11.9 Å². The maximum Gasteiger partial charge on any atom is 0.281 e. The molecule has 1 heterocycles. The van der Waals surface area contributed by atoms with Gasteiger partial charge in [-0.2, -0.15) is 0 Å². The molecule has 1 saturated heterocycles. The van der Waals surface area contributed by atoms with Crippen molar-refractivity contribution in [2.75, 3.05) is 6.54 Å². The SMILES string of the molecule is CC(C)C[C@@H]([NH3+])C(=O)N1CCC[C@H]1C(=O)[O-]. The van der Waals surface area contributed by atoms with Gasteiger partial charge in [-0.25, -0.2) is 0 Å². The second kappa shape index (κ2) is 5.30. The van der Waals surface area contributed by atoms with E-state index in [1.54, 1.807) is 0 Å². The van der Waals surface area contributed by atoms with Gasteiger partial charge in [0.2, 0.25) is 0 Å². The molecule has 0 aromatic rings. The Hall–Kier alpha value is -1.10. The molecule has 0 spiro atoms. The van der Waals surface area contributed by atoms with E-state index in [4.69, 9.17) is 0 Å². The maximum atomic E-state index is 12.0. The van der Waals surface area contributed by atoms with Crippen molar-refractivity contribution < 1.29 is 20.4 Å². The highest BCUT2D eigenvalue weighted by Crippen LogP contribution is 2.18. The van der Waals surface area contributed by atoms with E-state index in [1.165, 1.54) is 4.90 Å². The van der Waals surface area contributed by atoms with Crippen LogP contribution < -0.4 is 10.8 Å². The van der Waals surface area contributed by atoms with Crippen molar-refractivity contribution in [1.82, 2.24) is 4.90 Å². The minimum absolute atomic E-state index is 0.152. The fourth-order valence-corrected chi connectivity index (χ4v) is 2.18. The zero-order chi connectivity index (χ0) is 12.3. The van der Waals surface area contributed by atoms with Gasteiger partial charge >= 0.3 is 0 Å². The van der Waals surface area contributed by atoms with Gasteiger partial charge in [-0.05, 0) is 18.8 Å². The van der Waals surface area contributed by atoms with Crippen LogP contribution in [-0.2, 0) is 9.59 Å². The van der Waals surface area contributed by atoms with Gasteiger partial charge in [0.15, 0.2) is 6.04 Å². The molecule has 92 valence electrons. The molecule has 0 aromatic heterocycles. The molecule has 16 heavy (non-hydrogen) atoms. The Balaban J connectivity index is 2.62. The normalized spacial score (nSPS) is 22.5. The van der Waals surface area contributed by atoms with Crippen LogP contribution in [0.3, 0.4) is 0 Å². The lowest BCUT2D eigenvalue weighted by atomic mass is 10.0. The molecule has 1 amide bonds. The summed E-state index contributed by atoms with van der Waals surface area (Å²) >= 11 is 0. The maximum absolute atomic E-state index is 12.0. The Labute approximate surface area is 95.6 Å². The highest BCUT2D eigenvalue weighted by molar-refractivity contribution is 5.86. The Kier molecular flexibility index (Phi) is 4.29. The van der Waals surface area contributed by atoms with Crippen molar-refractivity contribution in [3.63, 3.8) is 0 Å². The molecule has 5 nitrogen and oxygen atoms in total. The molecular formula is C11H20N2O3. The van der Waals surface area contributed by atoms with Crippen LogP contribution in [0.4, 0.5) is 0 Å². The van der Waals surface area contributed by atoms with E-state index in [2.05, 4.69) is 5.73 Å². The summed E-state index contributed by atoms with van der Waals surface area (Å²) in [6.07, 6.45) is 1.93. The quantitative estimate of drug-likeness (QED) is 0.627. The third-order valence-corrected chi connectivity index (χ3v) is 2.91. The minimum atomic E-state index is -1.15. The van der Waals surface area contributed by atoms with Crippen molar-refractivity contribution in [2.45, 2.75) is 45.2 Å². The summed E-state index contributed by atoms with van der Waals surface area (Å²) in [6, 6.07) is -1.09. The smallest absolute Gasteiger partial charge is 0.281 e. The minimum Gasteiger partial charge on any atom is -0.548 e. The summed E-state index contributed by atoms with van der Waals surface area (Å²) in [5, 5.41) is 10.8. The molecule has 0 unspecified atom stereocenters. The molecular weight excluding hydrogens is 208 g/mol. The fraction of sp³-hybridized carbons (Fsp3) is 0.818. The van der Waals surface area contributed by atoms with Crippen LogP contribution in [0, 0.1) is 5.92 Å². The first-order valence-electron chi connectivity index (χ1n) is 5.78. The molecule has 0 aromatic carbocycles. The van der Waals surface area contributed by atoms with Gasteiger partial charge < -0.3 is 20.5 Å². The molecule has 2 atom stereocenters. The monoisotopic (exact) mass is 228 g/mol. The average molecular weight is 228 g/mol. The summed E-state index contributed by atoms with van der Waals surface area (Å²) in [5.41, 5.74) is 3.81. The van der Waals surface area contributed by atoms with Crippen molar-refractivity contribution in [3.05, 3.63) is 0 Å². The standard InChI is InChI=1S/C11H20N2O3/c1-7(2)6-8(12)10(14)13-5-3-4-9(13)11(15)16/h7-9H,3-6,12H2,1-2H3,(H,15,16)/t8-,9+/m1/s1. The molecule has 0 aliphatic carbocycles. The number of carboxylic acid groups (broad SMARTS) is 1. The van der Waals surface area contributed by atoms with Crippen molar-refractivity contribution in [3.8, 4) is 0 Å². The number of aliphatic carboxylic acids is 1. The molecule has 0 radical (unpaired) electrons. The van der Waals surface area contributed by atoms with Gasteiger partial charge in [-0.3, -0.25) is 4.79 Å². The van der Waals surface area contributed by atoms with E-state index in [9.17, 15) is 14.7 Å². The van der Waals surface area contributed by atoms with Crippen LogP contribution in [0.1, 0.15) is 33.1 Å². The van der Waals surface area contributed by atoms with Crippen molar-refractivity contribution in [2.24, 2.45) is 5.92 Å². The Bertz CT molecular complexity index is 278. The lowest BCUT2D eigenvalue weighted by molar-refractivity contribution is -0.408. The molecule has 1 rings (SSSR count). The van der Waals surface area contributed by atoms with E-state index < -0.39 is 12.0 Å².